The highest BCUT2D eigenvalue weighted by Gasteiger charge is 2.35. The lowest BCUT2D eigenvalue weighted by Gasteiger charge is -2.37. The number of anilines is 2. The Hall–Kier alpha value is -3.93. The van der Waals surface area contributed by atoms with Gasteiger partial charge in [-0.25, -0.2) is 8.42 Å². The maximum Gasteiger partial charge on any atom is 0.416 e. The lowest BCUT2D eigenvalue weighted by molar-refractivity contribution is -0.137. The number of carbonyl (C=O) groups is 1. The summed E-state index contributed by atoms with van der Waals surface area (Å²) in [6.45, 7) is 2.63. The van der Waals surface area contributed by atoms with E-state index in [9.17, 15) is 26.4 Å². The summed E-state index contributed by atoms with van der Waals surface area (Å²) < 4.78 is 79.5. The van der Waals surface area contributed by atoms with Crippen molar-refractivity contribution in [1.82, 2.24) is 4.90 Å². The van der Waals surface area contributed by atoms with Gasteiger partial charge in [-0.2, -0.15) is 13.2 Å². The van der Waals surface area contributed by atoms with Gasteiger partial charge in [0.1, 0.15) is 22.9 Å². The van der Waals surface area contributed by atoms with Crippen LogP contribution in [0.15, 0.2) is 71.6 Å². The van der Waals surface area contributed by atoms with E-state index in [4.69, 9.17) is 9.47 Å². The molecule has 0 radical (unpaired) electrons. The molecule has 0 unspecified atom stereocenters. The van der Waals surface area contributed by atoms with Crippen LogP contribution in [-0.4, -0.2) is 66.2 Å². The first-order valence-corrected chi connectivity index (χ1v) is 13.9. The van der Waals surface area contributed by atoms with E-state index in [1.807, 2.05) is 24.3 Å². The number of aryl methyl sites for hydroxylation is 1. The number of carbonyl (C=O) groups excluding carboxylic acids is 1. The number of hydrogen-bond acceptors (Lipinski definition) is 6. The fourth-order valence-corrected chi connectivity index (χ4v) is 6.14. The molecule has 3 aromatic rings. The van der Waals surface area contributed by atoms with Gasteiger partial charge in [0.2, 0.25) is 5.91 Å². The van der Waals surface area contributed by atoms with E-state index >= 15 is 0 Å². The first-order chi connectivity index (χ1) is 18.9. The monoisotopic (exact) mass is 577 g/mol. The normalized spacial score (nSPS) is 14.2. The summed E-state index contributed by atoms with van der Waals surface area (Å²) in [5.74, 6) is 0.212. The van der Waals surface area contributed by atoms with E-state index in [2.05, 4.69) is 4.90 Å². The van der Waals surface area contributed by atoms with Crippen LogP contribution >= 0.6 is 0 Å². The Bertz CT molecular complexity index is 1450. The number of benzene rings is 3. The fraction of sp³-hybridized carbons (Fsp3) is 0.321. The molecule has 0 spiro atoms. The van der Waals surface area contributed by atoms with Crippen molar-refractivity contribution in [3.8, 4) is 11.5 Å². The molecule has 1 aliphatic rings. The summed E-state index contributed by atoms with van der Waals surface area (Å²) >= 11 is 0. The number of alkyl halides is 3. The zero-order valence-corrected chi connectivity index (χ0v) is 23.1. The number of hydrogen-bond donors (Lipinski definition) is 0. The number of piperazine rings is 1. The molecule has 214 valence electrons. The summed E-state index contributed by atoms with van der Waals surface area (Å²) in [6, 6.07) is 15.9. The van der Waals surface area contributed by atoms with Crippen molar-refractivity contribution in [2.75, 3.05) is 56.1 Å². The maximum absolute atomic E-state index is 13.9. The molecular formula is C28H30F3N3O5S. The van der Waals surface area contributed by atoms with Crippen molar-refractivity contribution >= 4 is 27.3 Å². The standard InChI is InChI=1S/C28H30F3N3O5S/c1-20-7-12-25(39-3)26(17-20)40(36,37)34(23-6-4-5-21(18-23)28(29,30)31)19-27(35)33-15-13-32(14-16-33)22-8-10-24(38-2)11-9-22/h4-12,17-18H,13-16,19H2,1-3H3. The molecule has 12 heteroatoms. The quantitative estimate of drug-likeness (QED) is 0.390. The van der Waals surface area contributed by atoms with Crippen LogP contribution in [0.2, 0.25) is 0 Å². The van der Waals surface area contributed by atoms with Crippen LogP contribution in [0.25, 0.3) is 0 Å². The first kappa shape index (κ1) is 29.1. The van der Waals surface area contributed by atoms with Crippen molar-refractivity contribution in [3.05, 3.63) is 77.9 Å². The van der Waals surface area contributed by atoms with Crippen molar-refractivity contribution < 1.29 is 35.9 Å². The molecule has 1 heterocycles. The molecule has 1 amide bonds. The van der Waals surface area contributed by atoms with Crippen LogP contribution in [0, 0.1) is 6.92 Å². The number of rotatable bonds is 8. The lowest BCUT2D eigenvalue weighted by Crippen LogP contribution is -2.52. The number of halogens is 3. The molecule has 8 nitrogen and oxygen atoms in total. The Balaban J connectivity index is 1.62. The number of amides is 1. The van der Waals surface area contributed by atoms with Gasteiger partial charge >= 0.3 is 6.18 Å². The summed E-state index contributed by atoms with van der Waals surface area (Å²) in [5, 5.41) is 0. The van der Waals surface area contributed by atoms with Crippen LogP contribution in [0.3, 0.4) is 0 Å². The predicted octanol–water partition coefficient (Wildman–Crippen LogP) is 4.58. The molecule has 0 bridgehead atoms. The van der Waals surface area contributed by atoms with E-state index in [0.29, 0.717) is 31.7 Å². The van der Waals surface area contributed by atoms with Crippen LogP contribution in [0.1, 0.15) is 11.1 Å². The molecule has 1 fully saturated rings. The Morgan fingerprint density at radius 1 is 0.925 bits per heavy atom. The molecule has 4 rings (SSSR count). The Labute approximate surface area is 231 Å². The van der Waals surface area contributed by atoms with E-state index in [1.165, 1.54) is 30.2 Å². The topological polar surface area (TPSA) is 79.4 Å². The predicted molar refractivity (Wildman–Crippen MR) is 145 cm³/mol. The highest BCUT2D eigenvalue weighted by Crippen LogP contribution is 2.35. The third-order valence-electron chi connectivity index (χ3n) is 6.70. The minimum Gasteiger partial charge on any atom is -0.497 e. The van der Waals surface area contributed by atoms with Gasteiger partial charge in [-0.15, -0.1) is 0 Å². The fourth-order valence-electron chi connectivity index (χ4n) is 4.49. The summed E-state index contributed by atoms with van der Waals surface area (Å²) in [4.78, 5) is 16.8. The van der Waals surface area contributed by atoms with Gasteiger partial charge in [-0.05, 0) is 67.1 Å². The van der Waals surface area contributed by atoms with E-state index in [0.717, 1.165) is 33.9 Å². The molecule has 1 saturated heterocycles. The third kappa shape index (κ3) is 6.27. The van der Waals surface area contributed by atoms with E-state index < -0.39 is 34.2 Å². The van der Waals surface area contributed by atoms with E-state index in [1.54, 1.807) is 20.1 Å². The molecule has 0 N–H and O–H groups in total. The summed E-state index contributed by atoms with van der Waals surface area (Å²) in [6.07, 6.45) is -4.70. The highest BCUT2D eigenvalue weighted by atomic mass is 32.2. The Morgan fingerprint density at radius 3 is 2.20 bits per heavy atom. The van der Waals surface area contributed by atoms with Crippen LogP contribution < -0.4 is 18.7 Å². The second-order valence-corrected chi connectivity index (χ2v) is 11.1. The molecule has 40 heavy (non-hydrogen) atoms. The highest BCUT2D eigenvalue weighted by molar-refractivity contribution is 7.93. The van der Waals surface area contributed by atoms with Crippen molar-refractivity contribution in [3.63, 3.8) is 0 Å². The molecule has 3 aromatic carbocycles. The first-order valence-electron chi connectivity index (χ1n) is 12.5. The average Bonchev–Trinajstić information content (AvgIpc) is 2.95. The van der Waals surface area contributed by atoms with Gasteiger partial charge < -0.3 is 19.3 Å². The SMILES string of the molecule is COc1ccc(N2CCN(C(=O)CN(c3cccc(C(F)(F)F)c3)S(=O)(=O)c3cc(C)ccc3OC)CC2)cc1. The minimum atomic E-state index is -4.70. The zero-order valence-electron chi connectivity index (χ0n) is 22.3. The molecule has 0 saturated carbocycles. The molecule has 0 atom stereocenters. The maximum atomic E-state index is 13.9. The second-order valence-electron chi connectivity index (χ2n) is 9.28. The molecular weight excluding hydrogens is 547 g/mol. The van der Waals surface area contributed by atoms with Gasteiger partial charge in [0.05, 0.1) is 25.5 Å². The van der Waals surface area contributed by atoms with Gasteiger partial charge in [0.25, 0.3) is 10.0 Å². The van der Waals surface area contributed by atoms with Crippen molar-refractivity contribution in [1.29, 1.82) is 0 Å². The smallest absolute Gasteiger partial charge is 0.416 e. The number of ether oxygens (including phenoxy) is 2. The van der Waals surface area contributed by atoms with Crippen LogP contribution in [-0.2, 0) is 21.0 Å². The number of nitrogens with zero attached hydrogens (tertiary/aromatic N) is 3. The third-order valence-corrected chi connectivity index (χ3v) is 8.49. The molecule has 1 aliphatic heterocycles. The second kappa shape index (κ2) is 11.7. The van der Waals surface area contributed by atoms with Crippen molar-refractivity contribution in [2.24, 2.45) is 0 Å². The van der Waals surface area contributed by atoms with Gasteiger partial charge in [-0.1, -0.05) is 12.1 Å². The summed E-state index contributed by atoms with van der Waals surface area (Å²) in [5.41, 5.74) is 0.252. The largest absolute Gasteiger partial charge is 0.497 e. The van der Waals surface area contributed by atoms with Crippen LogP contribution in [0.5, 0.6) is 11.5 Å². The molecule has 0 aromatic heterocycles. The zero-order chi connectivity index (χ0) is 29.1. The Kier molecular flexibility index (Phi) is 8.48. The van der Waals surface area contributed by atoms with Crippen molar-refractivity contribution in [2.45, 2.75) is 18.0 Å². The van der Waals surface area contributed by atoms with E-state index in [-0.39, 0.29) is 16.3 Å². The van der Waals surface area contributed by atoms with Gasteiger partial charge in [0, 0.05) is 31.9 Å². The molecule has 0 aliphatic carbocycles. The average molecular weight is 578 g/mol. The number of methoxy groups -OCH3 is 2. The number of sulfonamides is 1. The van der Waals surface area contributed by atoms with Crippen LogP contribution in [0.4, 0.5) is 24.5 Å². The minimum absolute atomic E-state index is 0.0168. The lowest BCUT2D eigenvalue weighted by atomic mass is 10.2. The van der Waals surface area contributed by atoms with Gasteiger partial charge in [0.15, 0.2) is 0 Å². The van der Waals surface area contributed by atoms with Gasteiger partial charge in [-0.3, -0.25) is 9.10 Å². The Morgan fingerprint density at radius 2 is 1.60 bits per heavy atom. The summed E-state index contributed by atoms with van der Waals surface area (Å²) in [7, 11) is -1.63.